The van der Waals surface area contributed by atoms with Crippen LogP contribution in [0.25, 0.3) is 22.2 Å². The summed E-state index contributed by atoms with van der Waals surface area (Å²) in [4.78, 5) is 42.9. The minimum Gasteiger partial charge on any atom is -0.447 e. The van der Waals surface area contributed by atoms with Crippen LogP contribution in [0, 0.1) is 0 Å². The molecule has 0 unspecified atom stereocenters. The standard InChI is InChI=1S/C33H38N6O8S/c1-37(38(2)33(43)47-20-28-26-11-5-3-9-24(26)25-10-4-6-12-27(25)28)19-23-18-22-8-7-14-34-31(22)39(23)16-13-30(41)36-29(21-48(44,45)46)32(42)35-15-17-40/h3-12,14,18,28-29,40H,13,15-17,19-21H2,1-2H3,(H,35,42)(H,36,41)(H,44,45,46)/t29-/m0/s1. The number of aliphatic hydroxyl groups is 1. The molecule has 0 radical (unpaired) electrons. The Bertz CT molecular complexity index is 1870. The molecule has 48 heavy (non-hydrogen) atoms. The van der Waals surface area contributed by atoms with Gasteiger partial charge in [-0.1, -0.05) is 48.5 Å². The van der Waals surface area contributed by atoms with Crippen LogP contribution in [-0.2, 0) is 37.5 Å². The van der Waals surface area contributed by atoms with Crippen LogP contribution in [0.4, 0.5) is 4.79 Å². The van der Waals surface area contributed by atoms with Gasteiger partial charge in [-0.2, -0.15) is 8.42 Å². The van der Waals surface area contributed by atoms with Crippen LogP contribution in [0.15, 0.2) is 72.9 Å². The summed E-state index contributed by atoms with van der Waals surface area (Å²) in [6, 6.07) is 20.2. The lowest BCUT2D eigenvalue weighted by Crippen LogP contribution is -2.51. The Kier molecular flexibility index (Phi) is 10.7. The highest BCUT2D eigenvalue weighted by Gasteiger charge is 2.30. The number of benzene rings is 2. The number of aromatic nitrogens is 2. The second-order valence-corrected chi connectivity index (χ2v) is 13.0. The Morgan fingerprint density at radius 1 is 1.02 bits per heavy atom. The van der Waals surface area contributed by atoms with Gasteiger partial charge in [0, 0.05) is 56.8 Å². The lowest BCUT2D eigenvalue weighted by molar-refractivity contribution is -0.128. The Labute approximate surface area is 278 Å². The molecule has 5 rings (SSSR count). The van der Waals surface area contributed by atoms with Crippen molar-refractivity contribution in [2.75, 3.05) is 39.6 Å². The average molecular weight is 679 g/mol. The van der Waals surface area contributed by atoms with Crippen molar-refractivity contribution in [2.45, 2.75) is 31.5 Å². The highest BCUT2D eigenvalue weighted by Crippen LogP contribution is 2.44. The number of nitrogens with one attached hydrogen (secondary N) is 2. The van der Waals surface area contributed by atoms with E-state index in [1.54, 1.807) is 35.9 Å². The number of pyridine rings is 1. The SMILES string of the molecule is CN(Cc1cc2cccnc2n1CCC(=O)N[C@@H](CS(=O)(=O)O)C(=O)NCCO)N(C)C(=O)OCC1c2ccccc2-c2ccccc21. The van der Waals surface area contributed by atoms with Crippen LogP contribution in [0.1, 0.15) is 29.2 Å². The van der Waals surface area contributed by atoms with Crippen molar-refractivity contribution in [3.8, 4) is 11.1 Å². The number of hydrazine groups is 1. The van der Waals surface area contributed by atoms with Crippen molar-refractivity contribution >= 4 is 39.1 Å². The molecule has 1 aliphatic rings. The van der Waals surface area contributed by atoms with Crippen LogP contribution in [0.3, 0.4) is 0 Å². The third-order valence-corrected chi connectivity index (χ3v) is 9.00. The van der Waals surface area contributed by atoms with Crippen molar-refractivity contribution in [2.24, 2.45) is 0 Å². The smallest absolute Gasteiger partial charge is 0.424 e. The number of hydrogen-bond donors (Lipinski definition) is 4. The van der Waals surface area contributed by atoms with E-state index in [4.69, 9.17) is 9.84 Å². The number of carbonyl (C=O) groups is 3. The largest absolute Gasteiger partial charge is 0.447 e. The second kappa shape index (κ2) is 14.9. The number of amides is 3. The monoisotopic (exact) mass is 678 g/mol. The van der Waals surface area contributed by atoms with Crippen LogP contribution in [-0.4, -0.2) is 101 Å². The van der Waals surface area contributed by atoms with Crippen molar-refractivity contribution in [1.82, 2.24) is 30.2 Å². The highest BCUT2D eigenvalue weighted by molar-refractivity contribution is 7.85. The van der Waals surface area contributed by atoms with Crippen LogP contribution in [0.2, 0.25) is 0 Å². The molecule has 0 aliphatic heterocycles. The van der Waals surface area contributed by atoms with E-state index in [0.717, 1.165) is 33.3 Å². The van der Waals surface area contributed by atoms with Gasteiger partial charge >= 0.3 is 6.09 Å². The van der Waals surface area contributed by atoms with E-state index in [1.807, 2.05) is 36.4 Å². The molecule has 2 aromatic carbocycles. The minimum absolute atomic E-state index is 0.0855. The third kappa shape index (κ3) is 7.99. The van der Waals surface area contributed by atoms with Gasteiger partial charge in [-0.05, 0) is 40.5 Å². The van der Waals surface area contributed by atoms with Crippen molar-refractivity contribution in [3.05, 3.63) is 89.7 Å². The molecule has 1 aliphatic carbocycles. The maximum Gasteiger partial charge on any atom is 0.424 e. The number of fused-ring (bicyclic) bond motifs is 4. The molecule has 254 valence electrons. The quantitative estimate of drug-likeness (QED) is 0.114. The zero-order valence-electron chi connectivity index (χ0n) is 26.6. The van der Waals surface area contributed by atoms with Crippen molar-refractivity contribution < 1.29 is 37.2 Å². The van der Waals surface area contributed by atoms with Gasteiger partial charge in [0.2, 0.25) is 11.8 Å². The fourth-order valence-electron chi connectivity index (χ4n) is 5.86. The van der Waals surface area contributed by atoms with Gasteiger partial charge in [-0.25, -0.2) is 19.8 Å². The third-order valence-electron chi connectivity index (χ3n) is 8.25. The van der Waals surface area contributed by atoms with Gasteiger partial charge in [0.15, 0.2) is 0 Å². The molecule has 0 saturated carbocycles. The molecule has 14 nitrogen and oxygen atoms in total. The summed E-state index contributed by atoms with van der Waals surface area (Å²) in [6.45, 7) is -0.0195. The predicted octanol–water partition coefficient (Wildman–Crippen LogP) is 2.14. The fraction of sp³-hybridized carbons (Fsp3) is 0.333. The summed E-state index contributed by atoms with van der Waals surface area (Å²) in [6.07, 6.45) is 0.918. The molecule has 4 aromatic rings. The van der Waals surface area contributed by atoms with Crippen LogP contribution in [0.5, 0.6) is 0 Å². The molecule has 0 bridgehead atoms. The number of nitrogens with zero attached hydrogens (tertiary/aromatic N) is 4. The van der Waals surface area contributed by atoms with E-state index in [2.05, 4.69) is 39.9 Å². The molecule has 4 N–H and O–H groups in total. The first kappa shape index (κ1) is 34.5. The second-order valence-electron chi connectivity index (χ2n) is 11.5. The number of ether oxygens (including phenoxy) is 1. The normalized spacial score (nSPS) is 13.2. The average Bonchev–Trinajstić information content (AvgIpc) is 3.58. The number of aryl methyl sites for hydroxylation is 1. The Hall–Kier alpha value is -4.83. The summed E-state index contributed by atoms with van der Waals surface area (Å²) in [7, 11) is -1.26. The van der Waals surface area contributed by atoms with Gasteiger partial charge in [-0.15, -0.1) is 0 Å². The van der Waals surface area contributed by atoms with Crippen molar-refractivity contribution in [1.29, 1.82) is 0 Å². The van der Waals surface area contributed by atoms with E-state index < -0.39 is 39.8 Å². The van der Waals surface area contributed by atoms with Crippen LogP contribution < -0.4 is 10.6 Å². The number of aliphatic hydroxyl groups excluding tert-OH is 1. The maximum atomic E-state index is 13.2. The zero-order chi connectivity index (χ0) is 34.4. The summed E-state index contributed by atoms with van der Waals surface area (Å²) in [5.74, 6) is -2.61. The first-order chi connectivity index (χ1) is 23.0. The molecule has 0 spiro atoms. The molecule has 2 aromatic heterocycles. The molecule has 2 heterocycles. The first-order valence-electron chi connectivity index (χ1n) is 15.3. The van der Waals surface area contributed by atoms with E-state index >= 15 is 0 Å². The number of hydrogen-bond acceptors (Lipinski definition) is 9. The molecule has 0 saturated heterocycles. The van der Waals surface area contributed by atoms with Gasteiger partial charge in [0.05, 0.1) is 13.2 Å². The number of carbonyl (C=O) groups excluding carboxylic acids is 3. The fourth-order valence-corrected chi connectivity index (χ4v) is 6.52. The molecule has 3 amide bonds. The van der Waals surface area contributed by atoms with Gasteiger partial charge in [0.25, 0.3) is 10.1 Å². The van der Waals surface area contributed by atoms with Gasteiger partial charge in [0.1, 0.15) is 24.0 Å². The summed E-state index contributed by atoms with van der Waals surface area (Å²) >= 11 is 0. The molecule has 15 heteroatoms. The lowest BCUT2D eigenvalue weighted by Gasteiger charge is -2.28. The molecular formula is C33H38N6O8S. The van der Waals surface area contributed by atoms with Gasteiger partial charge < -0.3 is 25.0 Å². The van der Waals surface area contributed by atoms with E-state index in [0.29, 0.717) is 5.65 Å². The van der Waals surface area contributed by atoms with E-state index in [9.17, 15) is 27.4 Å². The zero-order valence-corrected chi connectivity index (χ0v) is 27.4. The Balaban J connectivity index is 1.24. The van der Waals surface area contributed by atoms with E-state index in [-0.39, 0.29) is 45.2 Å². The topological polar surface area (TPSA) is 183 Å². The highest BCUT2D eigenvalue weighted by atomic mass is 32.2. The van der Waals surface area contributed by atoms with Crippen molar-refractivity contribution in [3.63, 3.8) is 0 Å². The predicted molar refractivity (Wildman–Crippen MR) is 177 cm³/mol. The molecule has 1 atom stereocenters. The number of rotatable bonds is 14. The summed E-state index contributed by atoms with van der Waals surface area (Å²) in [5, 5.41) is 17.5. The molecule has 0 fully saturated rings. The van der Waals surface area contributed by atoms with E-state index in [1.165, 1.54) is 5.01 Å². The molecular weight excluding hydrogens is 640 g/mol. The summed E-state index contributed by atoms with van der Waals surface area (Å²) in [5.41, 5.74) is 5.81. The summed E-state index contributed by atoms with van der Waals surface area (Å²) < 4.78 is 39.8. The van der Waals surface area contributed by atoms with Crippen LogP contribution >= 0.6 is 0 Å². The van der Waals surface area contributed by atoms with Gasteiger partial charge in [-0.3, -0.25) is 14.1 Å². The lowest BCUT2D eigenvalue weighted by atomic mass is 9.98. The minimum atomic E-state index is -4.60. The first-order valence-corrected chi connectivity index (χ1v) is 16.9. The Morgan fingerprint density at radius 2 is 1.69 bits per heavy atom. The Morgan fingerprint density at radius 3 is 2.33 bits per heavy atom. The maximum absolute atomic E-state index is 13.2.